The number of rotatable bonds is 7. The Labute approximate surface area is 175 Å². The van der Waals surface area contributed by atoms with Crippen LogP contribution in [0.1, 0.15) is 62.5 Å². The molecule has 1 heterocycles. The van der Waals surface area contributed by atoms with Crippen molar-refractivity contribution in [3.63, 3.8) is 0 Å². The predicted octanol–water partition coefficient (Wildman–Crippen LogP) is 2.89. The summed E-state index contributed by atoms with van der Waals surface area (Å²) in [5, 5.41) is 3.09. The van der Waals surface area contributed by atoms with E-state index in [1.165, 1.54) is 38.5 Å². The van der Waals surface area contributed by atoms with E-state index in [1.54, 1.807) is 19.1 Å². The van der Waals surface area contributed by atoms with Crippen LogP contribution in [0.25, 0.3) is 0 Å². The van der Waals surface area contributed by atoms with Crippen LogP contribution in [0.15, 0.2) is 23.1 Å². The Morgan fingerprint density at radius 1 is 1.10 bits per heavy atom. The molecule has 3 rings (SSSR count). The number of likely N-dealkylation sites (tertiary alicyclic amines) is 1. The Morgan fingerprint density at radius 3 is 2.52 bits per heavy atom. The molecule has 1 aromatic carbocycles. The number of carbonyl (C=O) groups excluding carboxylic acids is 1. The van der Waals surface area contributed by atoms with Crippen molar-refractivity contribution in [2.45, 2.75) is 82.2 Å². The number of amides is 1. The molecular formula is C22H35N3O3S. The van der Waals surface area contributed by atoms with Crippen molar-refractivity contribution >= 4 is 15.9 Å². The van der Waals surface area contributed by atoms with Gasteiger partial charge in [-0.2, -0.15) is 0 Å². The van der Waals surface area contributed by atoms with Gasteiger partial charge in [0.25, 0.3) is 0 Å². The first-order chi connectivity index (χ1) is 13.8. The quantitative estimate of drug-likeness (QED) is 0.664. The van der Waals surface area contributed by atoms with Gasteiger partial charge in [-0.1, -0.05) is 43.4 Å². The van der Waals surface area contributed by atoms with E-state index < -0.39 is 10.0 Å². The van der Waals surface area contributed by atoms with Crippen molar-refractivity contribution < 1.29 is 13.2 Å². The zero-order valence-electron chi connectivity index (χ0n) is 17.7. The number of nitrogens with one attached hydrogen (secondary N) is 2. The average molecular weight is 422 g/mol. The lowest BCUT2D eigenvalue weighted by atomic mass is 10.1. The van der Waals surface area contributed by atoms with Crippen LogP contribution in [0.5, 0.6) is 0 Å². The standard InChI is InChI=1S/C22H35N3O3S/c1-17-9-10-21(18(2)15-17)29(27,28)23-13-11-22(26)24-19-12-14-25(16-19)20-7-5-3-4-6-8-20/h9-10,15,19-20,23H,3-8,11-14,16H2,1-2H3,(H,24,26). The highest BCUT2D eigenvalue weighted by molar-refractivity contribution is 7.89. The lowest BCUT2D eigenvalue weighted by Crippen LogP contribution is -2.40. The summed E-state index contributed by atoms with van der Waals surface area (Å²) in [6, 6.07) is 6.11. The molecule has 0 spiro atoms. The molecule has 1 aliphatic heterocycles. The zero-order chi connectivity index (χ0) is 20.9. The fraction of sp³-hybridized carbons (Fsp3) is 0.682. The number of sulfonamides is 1. The van der Waals surface area contributed by atoms with Crippen LogP contribution in [0, 0.1) is 13.8 Å². The van der Waals surface area contributed by atoms with Crippen LogP contribution < -0.4 is 10.0 Å². The van der Waals surface area contributed by atoms with Crippen molar-refractivity contribution in [1.29, 1.82) is 0 Å². The summed E-state index contributed by atoms with van der Waals surface area (Å²) in [5.41, 5.74) is 1.74. The first kappa shape index (κ1) is 22.2. The third-order valence-electron chi connectivity index (χ3n) is 6.19. The average Bonchev–Trinajstić information content (AvgIpc) is 2.94. The van der Waals surface area contributed by atoms with Crippen LogP contribution in [-0.2, 0) is 14.8 Å². The fourth-order valence-corrected chi connectivity index (χ4v) is 5.89. The number of carbonyl (C=O) groups is 1. The normalized spacial score (nSPS) is 21.8. The number of aryl methyl sites for hydroxylation is 2. The molecule has 0 bridgehead atoms. The van der Waals surface area contributed by atoms with E-state index in [2.05, 4.69) is 14.9 Å². The third-order valence-corrected chi connectivity index (χ3v) is 7.81. The molecule has 162 valence electrons. The lowest BCUT2D eigenvalue weighted by Gasteiger charge is -2.26. The van der Waals surface area contributed by atoms with Gasteiger partial charge in [-0.3, -0.25) is 9.69 Å². The van der Waals surface area contributed by atoms with Gasteiger partial charge in [-0.25, -0.2) is 13.1 Å². The molecule has 0 radical (unpaired) electrons. The predicted molar refractivity (Wildman–Crippen MR) is 115 cm³/mol. The monoisotopic (exact) mass is 421 g/mol. The Morgan fingerprint density at radius 2 is 1.83 bits per heavy atom. The molecule has 7 heteroatoms. The SMILES string of the molecule is Cc1ccc(S(=O)(=O)NCCC(=O)NC2CCN(C3CCCCCC3)C2)c(C)c1. The molecule has 1 unspecified atom stereocenters. The topological polar surface area (TPSA) is 78.5 Å². The third kappa shape index (κ3) is 6.27. The van der Waals surface area contributed by atoms with Gasteiger partial charge >= 0.3 is 0 Å². The van der Waals surface area contributed by atoms with Crippen LogP contribution >= 0.6 is 0 Å². The molecule has 1 aliphatic carbocycles. The van der Waals surface area contributed by atoms with Crippen molar-refractivity contribution in [3.8, 4) is 0 Å². The van der Waals surface area contributed by atoms with Gasteiger partial charge in [0.1, 0.15) is 0 Å². The van der Waals surface area contributed by atoms with Crippen LogP contribution in [0.4, 0.5) is 0 Å². The number of benzene rings is 1. The maximum Gasteiger partial charge on any atom is 0.240 e. The maximum absolute atomic E-state index is 12.5. The van der Waals surface area contributed by atoms with Crippen molar-refractivity contribution in [1.82, 2.24) is 14.9 Å². The van der Waals surface area contributed by atoms with Gasteiger partial charge in [0, 0.05) is 38.1 Å². The highest BCUT2D eigenvalue weighted by Crippen LogP contribution is 2.25. The Balaban J connectivity index is 1.42. The molecule has 2 N–H and O–H groups in total. The second-order valence-corrected chi connectivity index (χ2v) is 10.3. The molecule has 1 saturated carbocycles. The minimum atomic E-state index is -3.60. The first-order valence-corrected chi connectivity index (χ1v) is 12.4. The second-order valence-electron chi connectivity index (χ2n) is 8.61. The smallest absolute Gasteiger partial charge is 0.240 e. The van der Waals surface area contributed by atoms with Gasteiger partial charge in [-0.05, 0) is 44.7 Å². The van der Waals surface area contributed by atoms with E-state index in [9.17, 15) is 13.2 Å². The maximum atomic E-state index is 12.5. The fourth-order valence-electron chi connectivity index (χ4n) is 4.64. The van der Waals surface area contributed by atoms with Gasteiger partial charge in [0.2, 0.25) is 15.9 Å². The number of hydrogen-bond donors (Lipinski definition) is 2. The van der Waals surface area contributed by atoms with Gasteiger partial charge in [0.05, 0.1) is 4.90 Å². The van der Waals surface area contributed by atoms with Crippen LogP contribution in [-0.4, -0.2) is 50.9 Å². The Kier molecular flexibility index (Phi) is 7.71. The zero-order valence-corrected chi connectivity index (χ0v) is 18.6. The van der Waals surface area contributed by atoms with E-state index in [0.717, 1.165) is 25.1 Å². The molecular weight excluding hydrogens is 386 g/mol. The minimum absolute atomic E-state index is 0.0824. The molecule has 2 fully saturated rings. The summed E-state index contributed by atoms with van der Waals surface area (Å²) in [4.78, 5) is 15.1. The van der Waals surface area contributed by atoms with Crippen molar-refractivity contribution in [2.75, 3.05) is 19.6 Å². The van der Waals surface area contributed by atoms with Gasteiger partial charge in [0.15, 0.2) is 0 Å². The summed E-state index contributed by atoms with van der Waals surface area (Å²) in [7, 11) is -3.60. The molecule has 1 amide bonds. The molecule has 1 atom stereocenters. The molecule has 2 aliphatic rings. The minimum Gasteiger partial charge on any atom is -0.352 e. The molecule has 29 heavy (non-hydrogen) atoms. The number of hydrogen-bond acceptors (Lipinski definition) is 4. The summed E-state index contributed by atoms with van der Waals surface area (Å²) in [6.45, 7) is 5.80. The van der Waals surface area contributed by atoms with Crippen LogP contribution in [0.2, 0.25) is 0 Å². The van der Waals surface area contributed by atoms with Crippen molar-refractivity contribution in [3.05, 3.63) is 29.3 Å². The van der Waals surface area contributed by atoms with E-state index in [0.29, 0.717) is 11.6 Å². The van der Waals surface area contributed by atoms with E-state index >= 15 is 0 Å². The summed E-state index contributed by atoms with van der Waals surface area (Å²) in [6.07, 6.45) is 9.03. The van der Waals surface area contributed by atoms with E-state index in [-0.39, 0.29) is 29.8 Å². The molecule has 1 aromatic rings. The van der Waals surface area contributed by atoms with E-state index in [1.807, 2.05) is 13.0 Å². The second kappa shape index (κ2) is 10.0. The summed E-state index contributed by atoms with van der Waals surface area (Å²) in [5.74, 6) is -0.0824. The lowest BCUT2D eigenvalue weighted by molar-refractivity contribution is -0.121. The van der Waals surface area contributed by atoms with Crippen LogP contribution in [0.3, 0.4) is 0 Å². The van der Waals surface area contributed by atoms with Gasteiger partial charge in [-0.15, -0.1) is 0 Å². The van der Waals surface area contributed by atoms with Crippen molar-refractivity contribution in [2.24, 2.45) is 0 Å². The highest BCUT2D eigenvalue weighted by Gasteiger charge is 2.29. The Bertz CT molecular complexity index is 802. The summed E-state index contributed by atoms with van der Waals surface area (Å²) >= 11 is 0. The summed E-state index contributed by atoms with van der Waals surface area (Å²) < 4.78 is 27.5. The molecule has 6 nitrogen and oxygen atoms in total. The van der Waals surface area contributed by atoms with E-state index in [4.69, 9.17) is 0 Å². The molecule has 1 saturated heterocycles. The number of nitrogens with zero attached hydrogens (tertiary/aromatic N) is 1. The largest absolute Gasteiger partial charge is 0.352 e. The molecule has 0 aromatic heterocycles. The highest BCUT2D eigenvalue weighted by atomic mass is 32.2. The van der Waals surface area contributed by atoms with Gasteiger partial charge < -0.3 is 5.32 Å². The first-order valence-electron chi connectivity index (χ1n) is 11.0. The Hall–Kier alpha value is -1.44.